The molecule has 0 bridgehead atoms. The Morgan fingerprint density at radius 3 is 2.12 bits per heavy atom. The standard InChI is InChI=1S/C12H24N2O3/c1-4-6-9(2)13-12(17)14-10(3)7-5-8-11(15)16/h9-10H,4-8H2,1-3H3,(H,15,16)(H2,13,14,17). The van der Waals surface area contributed by atoms with Crippen LogP contribution < -0.4 is 10.6 Å². The molecule has 0 aromatic heterocycles. The van der Waals surface area contributed by atoms with Crippen molar-refractivity contribution in [3.63, 3.8) is 0 Å². The van der Waals surface area contributed by atoms with Crippen LogP contribution in [0.1, 0.15) is 52.9 Å². The van der Waals surface area contributed by atoms with E-state index in [9.17, 15) is 9.59 Å². The van der Waals surface area contributed by atoms with Crippen molar-refractivity contribution >= 4 is 12.0 Å². The van der Waals surface area contributed by atoms with Gasteiger partial charge in [0.05, 0.1) is 0 Å². The molecule has 0 aromatic rings. The first-order valence-corrected chi connectivity index (χ1v) is 6.24. The highest BCUT2D eigenvalue weighted by Gasteiger charge is 2.10. The molecule has 2 atom stereocenters. The van der Waals surface area contributed by atoms with Crippen LogP contribution in [0.5, 0.6) is 0 Å². The fourth-order valence-corrected chi connectivity index (χ4v) is 1.63. The van der Waals surface area contributed by atoms with Gasteiger partial charge in [-0.2, -0.15) is 0 Å². The van der Waals surface area contributed by atoms with Gasteiger partial charge in [0, 0.05) is 18.5 Å². The lowest BCUT2D eigenvalue weighted by Crippen LogP contribution is -2.44. The van der Waals surface area contributed by atoms with Gasteiger partial charge in [-0.3, -0.25) is 4.79 Å². The van der Waals surface area contributed by atoms with Crippen molar-refractivity contribution in [3.05, 3.63) is 0 Å². The average molecular weight is 244 g/mol. The zero-order valence-electron chi connectivity index (χ0n) is 11.0. The van der Waals surface area contributed by atoms with Gasteiger partial charge in [-0.15, -0.1) is 0 Å². The van der Waals surface area contributed by atoms with E-state index < -0.39 is 5.97 Å². The zero-order valence-corrected chi connectivity index (χ0v) is 11.0. The van der Waals surface area contributed by atoms with Crippen LogP contribution in [0, 0.1) is 0 Å². The Labute approximate surface area is 103 Å². The van der Waals surface area contributed by atoms with Gasteiger partial charge in [0.1, 0.15) is 0 Å². The van der Waals surface area contributed by atoms with Gasteiger partial charge >= 0.3 is 12.0 Å². The lowest BCUT2D eigenvalue weighted by atomic mass is 10.1. The van der Waals surface area contributed by atoms with Gasteiger partial charge in [0.25, 0.3) is 0 Å². The van der Waals surface area contributed by atoms with E-state index in [0.29, 0.717) is 12.8 Å². The van der Waals surface area contributed by atoms with Gasteiger partial charge < -0.3 is 15.7 Å². The van der Waals surface area contributed by atoms with Crippen molar-refractivity contribution in [3.8, 4) is 0 Å². The predicted molar refractivity (Wildman–Crippen MR) is 67.0 cm³/mol. The van der Waals surface area contributed by atoms with E-state index in [0.717, 1.165) is 12.8 Å². The van der Waals surface area contributed by atoms with Crippen LogP contribution in [-0.2, 0) is 4.79 Å². The maximum atomic E-state index is 11.5. The monoisotopic (exact) mass is 244 g/mol. The minimum absolute atomic E-state index is 0.00294. The van der Waals surface area contributed by atoms with E-state index in [4.69, 9.17) is 5.11 Å². The molecule has 3 N–H and O–H groups in total. The van der Waals surface area contributed by atoms with Crippen molar-refractivity contribution < 1.29 is 14.7 Å². The number of nitrogens with one attached hydrogen (secondary N) is 2. The summed E-state index contributed by atoms with van der Waals surface area (Å²) in [6, 6.07) is 0.00294. The van der Waals surface area contributed by atoms with Gasteiger partial charge in [-0.25, -0.2) is 4.79 Å². The van der Waals surface area contributed by atoms with E-state index in [1.165, 1.54) is 0 Å². The lowest BCUT2D eigenvalue weighted by Gasteiger charge is -2.17. The first-order valence-electron chi connectivity index (χ1n) is 6.24. The van der Waals surface area contributed by atoms with Crippen molar-refractivity contribution in [2.24, 2.45) is 0 Å². The third-order valence-electron chi connectivity index (χ3n) is 2.50. The molecule has 0 spiro atoms. The first kappa shape index (κ1) is 15.7. The molecule has 5 nitrogen and oxygen atoms in total. The molecule has 17 heavy (non-hydrogen) atoms. The minimum atomic E-state index is -0.793. The number of rotatable bonds is 8. The van der Waals surface area contributed by atoms with E-state index in [1.54, 1.807) is 0 Å². The number of hydrogen-bond acceptors (Lipinski definition) is 2. The van der Waals surface area contributed by atoms with Crippen LogP contribution in [0.2, 0.25) is 0 Å². The van der Waals surface area contributed by atoms with Crippen molar-refractivity contribution in [1.29, 1.82) is 0 Å². The summed E-state index contributed by atoms with van der Waals surface area (Å²) in [6.45, 7) is 5.93. The number of aliphatic carboxylic acids is 1. The van der Waals surface area contributed by atoms with Gasteiger partial charge in [-0.05, 0) is 33.1 Å². The maximum Gasteiger partial charge on any atom is 0.315 e. The molecule has 0 fully saturated rings. The minimum Gasteiger partial charge on any atom is -0.481 e. The summed E-state index contributed by atoms with van der Waals surface area (Å²) in [5.41, 5.74) is 0. The Kier molecular flexibility index (Phi) is 8.19. The largest absolute Gasteiger partial charge is 0.481 e. The summed E-state index contributed by atoms with van der Waals surface area (Å²) >= 11 is 0. The summed E-state index contributed by atoms with van der Waals surface area (Å²) in [6.07, 6.45) is 3.42. The fraction of sp³-hybridized carbons (Fsp3) is 0.833. The van der Waals surface area contributed by atoms with Gasteiger partial charge in [0.2, 0.25) is 0 Å². The number of carbonyl (C=O) groups excluding carboxylic acids is 1. The highest BCUT2D eigenvalue weighted by molar-refractivity contribution is 5.74. The van der Waals surface area contributed by atoms with E-state index in [2.05, 4.69) is 17.6 Å². The fourth-order valence-electron chi connectivity index (χ4n) is 1.63. The van der Waals surface area contributed by atoms with Crippen LogP contribution in [0.15, 0.2) is 0 Å². The van der Waals surface area contributed by atoms with E-state index >= 15 is 0 Å². The number of carboxylic acid groups (broad SMARTS) is 1. The Hall–Kier alpha value is -1.26. The normalized spacial score (nSPS) is 13.8. The highest BCUT2D eigenvalue weighted by atomic mass is 16.4. The summed E-state index contributed by atoms with van der Waals surface area (Å²) in [4.78, 5) is 21.8. The molecule has 2 amide bonds. The highest BCUT2D eigenvalue weighted by Crippen LogP contribution is 2.01. The van der Waals surface area contributed by atoms with Crippen LogP contribution in [0.25, 0.3) is 0 Å². The quantitative estimate of drug-likeness (QED) is 0.612. The van der Waals surface area contributed by atoms with Crippen LogP contribution in [-0.4, -0.2) is 29.2 Å². The molecule has 2 unspecified atom stereocenters. The van der Waals surface area contributed by atoms with Crippen molar-refractivity contribution in [2.75, 3.05) is 0 Å². The number of carbonyl (C=O) groups is 2. The molecule has 5 heteroatoms. The Morgan fingerprint density at radius 2 is 1.65 bits per heavy atom. The molecule has 0 radical (unpaired) electrons. The molecule has 0 aliphatic carbocycles. The topological polar surface area (TPSA) is 78.4 Å². The van der Waals surface area contributed by atoms with Crippen molar-refractivity contribution in [2.45, 2.75) is 65.0 Å². The van der Waals surface area contributed by atoms with Crippen LogP contribution >= 0.6 is 0 Å². The molecular weight excluding hydrogens is 220 g/mol. The Bertz CT molecular complexity index is 244. The number of urea groups is 1. The second-order valence-corrected chi connectivity index (χ2v) is 4.49. The van der Waals surface area contributed by atoms with E-state index in [1.807, 2.05) is 13.8 Å². The lowest BCUT2D eigenvalue weighted by molar-refractivity contribution is -0.137. The molecule has 0 aliphatic rings. The second-order valence-electron chi connectivity index (χ2n) is 4.49. The third kappa shape index (κ3) is 9.66. The number of carboxylic acids is 1. The molecule has 0 aromatic carbocycles. The number of amides is 2. The van der Waals surface area contributed by atoms with Crippen molar-refractivity contribution in [1.82, 2.24) is 10.6 Å². The second kappa shape index (κ2) is 8.84. The van der Waals surface area contributed by atoms with Gasteiger partial charge in [0.15, 0.2) is 0 Å². The molecule has 0 aliphatic heterocycles. The third-order valence-corrected chi connectivity index (χ3v) is 2.50. The summed E-state index contributed by atoms with van der Waals surface area (Å²) < 4.78 is 0. The number of hydrogen-bond donors (Lipinski definition) is 3. The predicted octanol–water partition coefficient (Wildman–Crippen LogP) is 2.12. The maximum absolute atomic E-state index is 11.5. The molecule has 0 rings (SSSR count). The van der Waals surface area contributed by atoms with Gasteiger partial charge in [-0.1, -0.05) is 13.3 Å². The average Bonchev–Trinajstić information content (AvgIpc) is 2.16. The van der Waals surface area contributed by atoms with E-state index in [-0.39, 0.29) is 24.5 Å². The summed E-state index contributed by atoms with van der Waals surface area (Å²) in [5, 5.41) is 14.1. The smallest absolute Gasteiger partial charge is 0.315 e. The van der Waals surface area contributed by atoms with Crippen LogP contribution in [0.4, 0.5) is 4.79 Å². The molecule has 100 valence electrons. The Morgan fingerprint density at radius 1 is 1.12 bits per heavy atom. The first-order chi connectivity index (χ1) is 7.95. The Balaban J connectivity index is 3.68. The summed E-state index contributed by atoms with van der Waals surface area (Å²) in [5.74, 6) is -0.793. The zero-order chi connectivity index (χ0) is 13.3. The SMILES string of the molecule is CCCC(C)NC(=O)NC(C)CCCC(=O)O. The molecule has 0 saturated heterocycles. The molecule has 0 heterocycles. The molecular formula is C12H24N2O3. The molecule has 0 saturated carbocycles. The van der Waals surface area contributed by atoms with Crippen LogP contribution in [0.3, 0.4) is 0 Å². The summed E-state index contributed by atoms with van der Waals surface area (Å²) in [7, 11) is 0.